The molecule has 0 saturated heterocycles. The lowest BCUT2D eigenvalue weighted by atomic mass is 10.0. The fraction of sp³-hybridized carbons (Fsp3) is 0.143. The lowest BCUT2D eigenvalue weighted by Crippen LogP contribution is -2.06. The molecule has 0 aliphatic carbocycles. The molecule has 5 heteroatoms. The van der Waals surface area contributed by atoms with Crippen molar-refractivity contribution >= 4 is 22.6 Å². The summed E-state index contributed by atoms with van der Waals surface area (Å²) in [4.78, 5) is 0. The number of halogens is 4. The van der Waals surface area contributed by atoms with E-state index in [1.165, 1.54) is 24.3 Å². The van der Waals surface area contributed by atoms with E-state index < -0.39 is 23.6 Å². The Morgan fingerprint density at radius 3 is 2.26 bits per heavy atom. The fourth-order valence-electron chi connectivity index (χ4n) is 1.78. The van der Waals surface area contributed by atoms with E-state index in [1.54, 1.807) is 0 Å². The van der Waals surface area contributed by atoms with Crippen LogP contribution in [0.25, 0.3) is 0 Å². The minimum absolute atomic E-state index is 0.00769. The van der Waals surface area contributed by atoms with Gasteiger partial charge < -0.3 is 5.11 Å². The largest absolute Gasteiger partial charge is 0.388 e. The molecular formula is C14H10F3IO. The Balaban J connectivity index is 2.23. The van der Waals surface area contributed by atoms with E-state index in [1.807, 2.05) is 22.6 Å². The van der Waals surface area contributed by atoms with Crippen LogP contribution in [0.3, 0.4) is 0 Å². The molecule has 2 aromatic carbocycles. The van der Waals surface area contributed by atoms with Gasteiger partial charge in [-0.25, -0.2) is 13.2 Å². The maximum atomic E-state index is 13.5. The Kier molecular flexibility index (Phi) is 4.46. The summed E-state index contributed by atoms with van der Waals surface area (Å²) in [5, 5.41) is 10.1. The van der Waals surface area contributed by atoms with Crippen LogP contribution >= 0.6 is 22.6 Å². The summed E-state index contributed by atoms with van der Waals surface area (Å²) in [6, 6.07) is 7.20. The van der Waals surface area contributed by atoms with Crippen molar-refractivity contribution in [3.63, 3.8) is 0 Å². The first-order chi connectivity index (χ1) is 8.97. The van der Waals surface area contributed by atoms with Gasteiger partial charge in [-0.05, 0) is 51.9 Å². The molecule has 0 aromatic heterocycles. The van der Waals surface area contributed by atoms with Crippen LogP contribution in [-0.4, -0.2) is 5.11 Å². The van der Waals surface area contributed by atoms with Crippen molar-refractivity contribution in [2.24, 2.45) is 0 Å². The highest BCUT2D eigenvalue weighted by Gasteiger charge is 2.15. The third kappa shape index (κ3) is 3.48. The first-order valence-electron chi connectivity index (χ1n) is 5.54. The average molecular weight is 378 g/mol. The molecule has 0 saturated carbocycles. The molecule has 2 aromatic rings. The summed E-state index contributed by atoms with van der Waals surface area (Å²) in [6.45, 7) is 0. The van der Waals surface area contributed by atoms with E-state index in [9.17, 15) is 18.3 Å². The van der Waals surface area contributed by atoms with Gasteiger partial charge in [0, 0.05) is 16.1 Å². The number of aliphatic hydroxyl groups is 1. The molecule has 100 valence electrons. The SMILES string of the molecule is OC(Cc1ccc(F)cc1F)c1ccc(F)cc1I. The maximum absolute atomic E-state index is 13.5. The molecular weight excluding hydrogens is 368 g/mol. The standard InChI is InChI=1S/C14H10F3IO/c15-9-2-1-8(12(17)6-9)5-14(19)11-4-3-10(16)7-13(11)18/h1-4,6-7,14,19H,5H2. The van der Waals surface area contributed by atoms with Gasteiger partial charge in [0.05, 0.1) is 6.10 Å². The monoisotopic (exact) mass is 378 g/mol. The second kappa shape index (κ2) is 5.92. The van der Waals surface area contributed by atoms with Crippen LogP contribution in [0, 0.1) is 21.0 Å². The summed E-state index contributed by atoms with van der Waals surface area (Å²) in [6.07, 6.45) is -0.958. The van der Waals surface area contributed by atoms with Crippen molar-refractivity contribution in [1.29, 1.82) is 0 Å². The van der Waals surface area contributed by atoms with Crippen LogP contribution in [0.5, 0.6) is 0 Å². The van der Waals surface area contributed by atoms with E-state index in [-0.39, 0.29) is 12.0 Å². The van der Waals surface area contributed by atoms with Crippen LogP contribution in [0.15, 0.2) is 36.4 Å². The second-order valence-electron chi connectivity index (χ2n) is 4.12. The molecule has 2 rings (SSSR count). The van der Waals surface area contributed by atoms with Gasteiger partial charge in [-0.2, -0.15) is 0 Å². The van der Waals surface area contributed by atoms with Gasteiger partial charge in [0.1, 0.15) is 17.5 Å². The third-order valence-electron chi connectivity index (χ3n) is 2.75. The van der Waals surface area contributed by atoms with Gasteiger partial charge >= 0.3 is 0 Å². The smallest absolute Gasteiger partial charge is 0.129 e. The molecule has 19 heavy (non-hydrogen) atoms. The molecule has 0 amide bonds. The van der Waals surface area contributed by atoms with Gasteiger partial charge in [-0.15, -0.1) is 0 Å². The van der Waals surface area contributed by atoms with Crippen molar-refractivity contribution < 1.29 is 18.3 Å². The van der Waals surface area contributed by atoms with Crippen molar-refractivity contribution in [2.45, 2.75) is 12.5 Å². The Morgan fingerprint density at radius 1 is 1.00 bits per heavy atom. The average Bonchev–Trinajstić information content (AvgIpc) is 2.32. The summed E-state index contributed by atoms with van der Waals surface area (Å²) < 4.78 is 39.8. The number of benzene rings is 2. The molecule has 0 fully saturated rings. The lowest BCUT2D eigenvalue weighted by Gasteiger charge is -2.13. The molecule has 0 bridgehead atoms. The van der Waals surface area contributed by atoms with Gasteiger partial charge in [0.25, 0.3) is 0 Å². The summed E-state index contributed by atoms with van der Waals surface area (Å²) >= 11 is 1.90. The molecule has 1 atom stereocenters. The highest BCUT2D eigenvalue weighted by molar-refractivity contribution is 14.1. The van der Waals surface area contributed by atoms with Crippen LogP contribution in [0.1, 0.15) is 17.2 Å². The highest BCUT2D eigenvalue weighted by atomic mass is 127. The minimum Gasteiger partial charge on any atom is -0.388 e. The predicted octanol–water partition coefficient (Wildman–Crippen LogP) is 3.98. The van der Waals surface area contributed by atoms with E-state index in [4.69, 9.17) is 0 Å². The van der Waals surface area contributed by atoms with Crippen molar-refractivity contribution in [1.82, 2.24) is 0 Å². The number of aliphatic hydroxyl groups excluding tert-OH is 1. The van der Waals surface area contributed by atoms with Gasteiger partial charge in [-0.1, -0.05) is 12.1 Å². The van der Waals surface area contributed by atoms with Crippen molar-refractivity contribution in [3.05, 3.63) is 68.5 Å². The summed E-state index contributed by atoms with van der Waals surface area (Å²) in [5.41, 5.74) is 0.736. The van der Waals surface area contributed by atoms with Crippen molar-refractivity contribution in [3.8, 4) is 0 Å². The first kappa shape index (κ1) is 14.3. The van der Waals surface area contributed by atoms with Crippen molar-refractivity contribution in [2.75, 3.05) is 0 Å². The highest BCUT2D eigenvalue weighted by Crippen LogP contribution is 2.25. The summed E-state index contributed by atoms with van der Waals surface area (Å²) in [7, 11) is 0. The summed E-state index contributed by atoms with van der Waals surface area (Å²) in [5.74, 6) is -1.75. The zero-order valence-corrected chi connectivity index (χ0v) is 11.9. The van der Waals surface area contributed by atoms with E-state index in [0.29, 0.717) is 9.13 Å². The van der Waals surface area contributed by atoms with E-state index >= 15 is 0 Å². The zero-order chi connectivity index (χ0) is 14.0. The quantitative estimate of drug-likeness (QED) is 0.802. The Bertz CT molecular complexity index is 601. The molecule has 1 nitrogen and oxygen atoms in total. The maximum Gasteiger partial charge on any atom is 0.129 e. The molecule has 1 unspecified atom stereocenters. The third-order valence-corrected chi connectivity index (χ3v) is 3.68. The van der Waals surface area contributed by atoms with Gasteiger partial charge in [0.2, 0.25) is 0 Å². The van der Waals surface area contributed by atoms with Crippen LogP contribution < -0.4 is 0 Å². The van der Waals surface area contributed by atoms with Gasteiger partial charge in [-0.3, -0.25) is 0 Å². The van der Waals surface area contributed by atoms with Gasteiger partial charge in [0.15, 0.2) is 0 Å². The number of hydrogen-bond acceptors (Lipinski definition) is 1. The molecule has 1 N–H and O–H groups in total. The van der Waals surface area contributed by atoms with E-state index in [2.05, 4.69) is 0 Å². The van der Waals surface area contributed by atoms with Crippen LogP contribution in [-0.2, 0) is 6.42 Å². The number of hydrogen-bond donors (Lipinski definition) is 1. The Hall–Kier alpha value is -1.08. The second-order valence-corrected chi connectivity index (χ2v) is 5.28. The van der Waals surface area contributed by atoms with Crippen LogP contribution in [0.4, 0.5) is 13.2 Å². The normalized spacial score (nSPS) is 12.5. The molecule has 0 heterocycles. The first-order valence-corrected chi connectivity index (χ1v) is 6.62. The van der Waals surface area contributed by atoms with Crippen LogP contribution in [0.2, 0.25) is 0 Å². The molecule has 0 aliphatic rings. The minimum atomic E-state index is -0.965. The Labute approximate surface area is 122 Å². The van der Waals surface area contributed by atoms with E-state index in [0.717, 1.165) is 12.1 Å². The topological polar surface area (TPSA) is 20.2 Å². The molecule has 0 radical (unpaired) electrons. The molecule has 0 spiro atoms. The predicted molar refractivity (Wildman–Crippen MR) is 74.1 cm³/mol. The fourth-order valence-corrected chi connectivity index (χ4v) is 2.61. The number of rotatable bonds is 3. The lowest BCUT2D eigenvalue weighted by molar-refractivity contribution is 0.176. The zero-order valence-electron chi connectivity index (χ0n) is 9.71. The Morgan fingerprint density at radius 2 is 1.63 bits per heavy atom. The molecule has 0 aliphatic heterocycles.